The maximum Gasteiger partial charge on any atom is 0.237 e. The van der Waals surface area contributed by atoms with E-state index in [0.717, 1.165) is 0 Å². The molecule has 0 rings (SSSR count). The lowest BCUT2D eigenvalue weighted by molar-refractivity contribution is -0.122. The molecule has 70 valence electrons. The van der Waals surface area contributed by atoms with Gasteiger partial charge in [0.15, 0.2) is 0 Å². The zero-order chi connectivity index (χ0) is 10.1. The molecule has 13 heavy (non-hydrogen) atoms. The average molecular weight is 178 g/mol. The first kappa shape index (κ1) is 11.6. The Bertz CT molecular complexity index is 254. The third-order valence-electron chi connectivity index (χ3n) is 1.43. The van der Waals surface area contributed by atoms with Crippen molar-refractivity contribution < 1.29 is 4.79 Å². The number of terminal acetylenes is 1. The molecule has 0 spiro atoms. The Kier molecular flexibility index (Phi) is 6.41. The molecule has 1 amide bonds. The van der Waals surface area contributed by atoms with Crippen molar-refractivity contribution >= 4 is 5.91 Å². The Morgan fingerprint density at radius 1 is 1.54 bits per heavy atom. The molecule has 1 atom stereocenters. The van der Waals surface area contributed by atoms with Gasteiger partial charge in [0.05, 0.1) is 19.1 Å². The topological polar surface area (TPSA) is 41.1 Å². The summed E-state index contributed by atoms with van der Waals surface area (Å²) >= 11 is 0. The molecule has 3 heteroatoms. The minimum absolute atomic E-state index is 0.101. The molecular formula is C10H14N2O. The van der Waals surface area contributed by atoms with Crippen LogP contribution in [-0.2, 0) is 4.79 Å². The van der Waals surface area contributed by atoms with Gasteiger partial charge in [-0.25, -0.2) is 0 Å². The summed E-state index contributed by atoms with van der Waals surface area (Å²) < 4.78 is 0. The summed E-state index contributed by atoms with van der Waals surface area (Å²) in [5, 5.41) is 5.51. The fourth-order valence-corrected chi connectivity index (χ4v) is 0.676. The Morgan fingerprint density at radius 3 is 2.77 bits per heavy atom. The molecule has 3 nitrogen and oxygen atoms in total. The number of hydrogen-bond acceptors (Lipinski definition) is 2. The van der Waals surface area contributed by atoms with Crippen LogP contribution in [0, 0.1) is 24.2 Å². The van der Waals surface area contributed by atoms with Crippen LogP contribution < -0.4 is 10.6 Å². The molecule has 2 N–H and O–H groups in total. The Labute approximate surface area is 79.3 Å². The quantitative estimate of drug-likeness (QED) is 0.582. The summed E-state index contributed by atoms with van der Waals surface area (Å²) in [6, 6.07) is -0.255. The van der Waals surface area contributed by atoms with Crippen molar-refractivity contribution in [2.75, 3.05) is 13.1 Å². The van der Waals surface area contributed by atoms with Crippen molar-refractivity contribution in [3.05, 3.63) is 0 Å². The maximum atomic E-state index is 11.2. The minimum Gasteiger partial charge on any atom is -0.344 e. The fraction of sp³-hybridized carbons (Fsp3) is 0.500. The van der Waals surface area contributed by atoms with Crippen molar-refractivity contribution in [1.29, 1.82) is 0 Å². The molecule has 0 aromatic heterocycles. The van der Waals surface area contributed by atoms with Crippen LogP contribution in [0.1, 0.15) is 13.8 Å². The molecule has 0 radical (unpaired) electrons. The van der Waals surface area contributed by atoms with Gasteiger partial charge < -0.3 is 5.32 Å². The van der Waals surface area contributed by atoms with Gasteiger partial charge in [0, 0.05) is 0 Å². The highest BCUT2D eigenvalue weighted by Crippen LogP contribution is 1.79. The summed E-state index contributed by atoms with van der Waals surface area (Å²) in [6.07, 6.45) is 4.99. The van der Waals surface area contributed by atoms with Gasteiger partial charge in [0.1, 0.15) is 0 Å². The Balaban J connectivity index is 3.68. The van der Waals surface area contributed by atoms with Crippen molar-refractivity contribution in [2.24, 2.45) is 0 Å². The summed E-state index contributed by atoms with van der Waals surface area (Å²) in [4.78, 5) is 11.2. The molecule has 0 heterocycles. The predicted molar refractivity (Wildman–Crippen MR) is 52.8 cm³/mol. The van der Waals surface area contributed by atoms with Crippen LogP contribution in [0.25, 0.3) is 0 Å². The van der Waals surface area contributed by atoms with E-state index in [-0.39, 0.29) is 18.5 Å². The smallest absolute Gasteiger partial charge is 0.237 e. The largest absolute Gasteiger partial charge is 0.344 e. The van der Waals surface area contributed by atoms with Crippen molar-refractivity contribution in [3.8, 4) is 24.2 Å². The second-order valence-corrected chi connectivity index (χ2v) is 2.45. The summed E-state index contributed by atoms with van der Waals surface area (Å²) in [5.74, 6) is 7.77. The van der Waals surface area contributed by atoms with Crippen LogP contribution in [0.15, 0.2) is 0 Å². The molecule has 0 aromatic rings. The van der Waals surface area contributed by atoms with E-state index in [4.69, 9.17) is 6.42 Å². The van der Waals surface area contributed by atoms with Crippen LogP contribution in [0.4, 0.5) is 0 Å². The van der Waals surface area contributed by atoms with Gasteiger partial charge in [0.25, 0.3) is 0 Å². The van der Waals surface area contributed by atoms with E-state index >= 15 is 0 Å². The van der Waals surface area contributed by atoms with E-state index in [1.807, 2.05) is 0 Å². The number of nitrogens with one attached hydrogen (secondary N) is 2. The maximum absolute atomic E-state index is 11.2. The SMILES string of the molecule is C#CCNC(=O)C(C)NCC#CC. The van der Waals surface area contributed by atoms with E-state index in [2.05, 4.69) is 28.4 Å². The molecule has 0 saturated heterocycles. The highest BCUT2D eigenvalue weighted by Gasteiger charge is 2.09. The lowest BCUT2D eigenvalue weighted by Gasteiger charge is -2.10. The third-order valence-corrected chi connectivity index (χ3v) is 1.43. The first-order chi connectivity index (χ1) is 6.22. The second kappa shape index (κ2) is 7.21. The molecule has 0 fully saturated rings. The normalized spacial score (nSPS) is 10.5. The lowest BCUT2D eigenvalue weighted by Crippen LogP contribution is -2.42. The summed E-state index contributed by atoms with van der Waals surface area (Å²) in [6.45, 7) is 4.30. The van der Waals surface area contributed by atoms with Crippen LogP contribution in [0.5, 0.6) is 0 Å². The minimum atomic E-state index is -0.255. The van der Waals surface area contributed by atoms with Crippen LogP contribution in [0.2, 0.25) is 0 Å². The predicted octanol–water partition coefficient (Wildman–Crippen LogP) is -0.263. The van der Waals surface area contributed by atoms with E-state index in [0.29, 0.717) is 6.54 Å². The molecule has 0 aromatic carbocycles. The number of rotatable bonds is 4. The van der Waals surface area contributed by atoms with Crippen molar-refractivity contribution in [3.63, 3.8) is 0 Å². The molecule has 0 aliphatic carbocycles. The van der Waals surface area contributed by atoms with Crippen LogP contribution in [-0.4, -0.2) is 25.0 Å². The number of carbonyl (C=O) groups is 1. The lowest BCUT2D eigenvalue weighted by atomic mass is 10.3. The van der Waals surface area contributed by atoms with E-state index in [9.17, 15) is 4.79 Å². The van der Waals surface area contributed by atoms with E-state index < -0.39 is 0 Å². The monoisotopic (exact) mass is 178 g/mol. The van der Waals surface area contributed by atoms with Gasteiger partial charge in [-0.1, -0.05) is 11.8 Å². The van der Waals surface area contributed by atoms with Gasteiger partial charge in [0.2, 0.25) is 5.91 Å². The zero-order valence-electron chi connectivity index (χ0n) is 7.98. The van der Waals surface area contributed by atoms with Crippen LogP contribution >= 0.6 is 0 Å². The molecule has 0 saturated carbocycles. The first-order valence-electron chi connectivity index (χ1n) is 4.06. The molecule has 1 unspecified atom stereocenters. The number of carbonyl (C=O) groups excluding carboxylic acids is 1. The van der Waals surface area contributed by atoms with Gasteiger partial charge in [-0.05, 0) is 13.8 Å². The summed E-state index contributed by atoms with van der Waals surface area (Å²) in [5.41, 5.74) is 0. The van der Waals surface area contributed by atoms with Crippen molar-refractivity contribution in [1.82, 2.24) is 10.6 Å². The van der Waals surface area contributed by atoms with E-state index in [1.54, 1.807) is 13.8 Å². The first-order valence-corrected chi connectivity index (χ1v) is 4.06. The second-order valence-electron chi connectivity index (χ2n) is 2.45. The zero-order valence-corrected chi connectivity index (χ0v) is 7.98. The highest BCUT2D eigenvalue weighted by molar-refractivity contribution is 5.81. The van der Waals surface area contributed by atoms with Gasteiger partial charge in [-0.2, -0.15) is 0 Å². The molecule has 0 aliphatic heterocycles. The van der Waals surface area contributed by atoms with E-state index in [1.165, 1.54) is 0 Å². The summed E-state index contributed by atoms with van der Waals surface area (Å²) in [7, 11) is 0. The fourth-order valence-electron chi connectivity index (χ4n) is 0.676. The number of amides is 1. The van der Waals surface area contributed by atoms with Gasteiger partial charge in [-0.3, -0.25) is 10.1 Å². The standard InChI is InChI=1S/C10H14N2O/c1-4-6-8-11-9(3)10(13)12-7-5-2/h2,9,11H,7-8H2,1,3H3,(H,12,13). The molecule has 0 bridgehead atoms. The Morgan fingerprint density at radius 2 is 2.23 bits per heavy atom. The Hall–Kier alpha value is -1.45. The average Bonchev–Trinajstić information content (AvgIpc) is 2.14. The molecule has 0 aliphatic rings. The molecular weight excluding hydrogens is 164 g/mol. The highest BCUT2D eigenvalue weighted by atomic mass is 16.2. The van der Waals surface area contributed by atoms with Gasteiger partial charge >= 0.3 is 0 Å². The number of hydrogen-bond donors (Lipinski definition) is 2. The van der Waals surface area contributed by atoms with Crippen molar-refractivity contribution in [2.45, 2.75) is 19.9 Å². The third kappa shape index (κ3) is 5.78. The van der Waals surface area contributed by atoms with Crippen LogP contribution in [0.3, 0.4) is 0 Å². The van der Waals surface area contributed by atoms with Gasteiger partial charge in [-0.15, -0.1) is 12.3 Å².